The normalized spacial score (nSPS) is 15.2. The lowest BCUT2D eigenvalue weighted by Gasteiger charge is -2.29. The van der Waals surface area contributed by atoms with Crippen molar-refractivity contribution in [3.8, 4) is 0 Å². The predicted molar refractivity (Wildman–Crippen MR) is 269 cm³/mol. The van der Waals surface area contributed by atoms with Crippen LogP contribution in [0.3, 0.4) is 0 Å². The molecule has 0 aromatic carbocycles. The van der Waals surface area contributed by atoms with Gasteiger partial charge in [0.25, 0.3) is 7.82 Å². The van der Waals surface area contributed by atoms with Crippen LogP contribution in [0.15, 0.2) is 122 Å². The summed E-state index contributed by atoms with van der Waals surface area (Å²) < 4.78 is 23.2. The zero-order chi connectivity index (χ0) is 46.4. The van der Waals surface area contributed by atoms with Gasteiger partial charge >= 0.3 is 0 Å². The van der Waals surface area contributed by atoms with Crippen LogP contribution in [0.1, 0.15) is 162 Å². The van der Waals surface area contributed by atoms with E-state index in [4.69, 9.17) is 9.05 Å². The standard InChI is InChI=1S/C54H91N2O6P/c1-6-8-10-12-14-16-18-20-22-24-26-27-28-29-30-32-34-36-38-40-42-44-46-48-54(58)55-52(51-62-63(59,60)61-50-49-56(3,4)5)53(57)47-45-43-41-39-37-35-33-31-25-23-21-19-17-15-13-11-9-7-2/h8,10,14,16,20,22,25-27,29-31,34,36-37,39-40,42,45,47,52-53,57H,6-7,9,11-13,15,17-19,21,23-24,28,32-33,35,38,41,43-44,46,48-51H2,1-5H3,(H-,55,58,59,60)/b10-8-,16-14-,22-20-,27-26-,30-29-,31-25+,36-34-,39-37+,42-40-,47-45+. The number of nitrogens with one attached hydrogen (secondary N) is 1. The molecule has 0 aromatic rings. The molecule has 0 saturated carbocycles. The molecule has 3 unspecified atom stereocenters. The van der Waals surface area contributed by atoms with Crippen molar-refractivity contribution in [3.05, 3.63) is 122 Å². The maximum absolute atomic E-state index is 12.9. The molecule has 1 amide bonds. The van der Waals surface area contributed by atoms with Gasteiger partial charge in [0.15, 0.2) is 0 Å². The minimum atomic E-state index is -4.63. The minimum absolute atomic E-state index is 0.0273. The van der Waals surface area contributed by atoms with E-state index in [-0.39, 0.29) is 18.9 Å². The first-order valence-corrected chi connectivity index (χ1v) is 25.9. The third kappa shape index (κ3) is 46.7. The van der Waals surface area contributed by atoms with Crippen LogP contribution in [0, 0.1) is 0 Å². The number of quaternary nitrogens is 1. The summed E-state index contributed by atoms with van der Waals surface area (Å²) >= 11 is 0. The monoisotopic (exact) mass is 895 g/mol. The second kappa shape index (κ2) is 44.1. The lowest BCUT2D eigenvalue weighted by Crippen LogP contribution is -2.45. The third-order valence-electron chi connectivity index (χ3n) is 9.88. The largest absolute Gasteiger partial charge is 0.756 e. The number of aliphatic hydroxyl groups excluding tert-OH is 1. The number of amides is 1. The SMILES string of the molecule is CC/C=C\C/C=C\C/C=C\C/C=C\C/C=C\C/C=C\C/C=C\CCCC(=O)NC(COP(=O)([O-])OCC[N+](C)(C)C)C(O)/C=C/CC/C=C/CC/C=C/CCCCCCCCCC. The van der Waals surface area contributed by atoms with E-state index in [2.05, 4.69) is 129 Å². The molecule has 8 nitrogen and oxygen atoms in total. The molecule has 358 valence electrons. The van der Waals surface area contributed by atoms with Crippen molar-refractivity contribution >= 4 is 13.7 Å². The quantitative estimate of drug-likeness (QED) is 0.0273. The smallest absolute Gasteiger partial charge is 0.268 e. The van der Waals surface area contributed by atoms with Crippen LogP contribution in [0.5, 0.6) is 0 Å². The van der Waals surface area contributed by atoms with Gasteiger partial charge in [-0.1, -0.05) is 180 Å². The van der Waals surface area contributed by atoms with Gasteiger partial charge in [0.05, 0.1) is 39.9 Å². The number of carbonyl (C=O) groups excluding carboxylic acids is 1. The van der Waals surface area contributed by atoms with Gasteiger partial charge in [-0.15, -0.1) is 0 Å². The van der Waals surface area contributed by atoms with Gasteiger partial charge in [0.2, 0.25) is 5.91 Å². The van der Waals surface area contributed by atoms with Gasteiger partial charge in [-0.3, -0.25) is 9.36 Å². The fraction of sp³-hybridized carbons (Fsp3) is 0.611. The number of hydrogen-bond donors (Lipinski definition) is 2. The first kappa shape index (κ1) is 59.9. The highest BCUT2D eigenvalue weighted by molar-refractivity contribution is 7.45. The highest BCUT2D eigenvalue weighted by Gasteiger charge is 2.23. The Kier molecular flexibility index (Phi) is 41.9. The van der Waals surface area contributed by atoms with Crippen molar-refractivity contribution in [2.24, 2.45) is 0 Å². The van der Waals surface area contributed by atoms with Crippen LogP contribution in [0.25, 0.3) is 0 Å². The Morgan fingerprint density at radius 3 is 1.48 bits per heavy atom. The molecule has 0 aliphatic rings. The number of phosphoric acid groups is 1. The van der Waals surface area contributed by atoms with Crippen LogP contribution in [0.2, 0.25) is 0 Å². The summed E-state index contributed by atoms with van der Waals surface area (Å²) in [5, 5.41) is 13.7. The van der Waals surface area contributed by atoms with Gasteiger partial charge in [0.1, 0.15) is 13.2 Å². The van der Waals surface area contributed by atoms with E-state index in [0.29, 0.717) is 23.9 Å². The van der Waals surface area contributed by atoms with E-state index >= 15 is 0 Å². The van der Waals surface area contributed by atoms with Gasteiger partial charge in [0, 0.05) is 6.42 Å². The molecule has 0 rings (SSSR count). The first-order chi connectivity index (χ1) is 30.5. The van der Waals surface area contributed by atoms with E-state index in [0.717, 1.165) is 77.0 Å². The predicted octanol–water partition coefficient (Wildman–Crippen LogP) is 13.6. The summed E-state index contributed by atoms with van der Waals surface area (Å²) in [7, 11) is 1.17. The second-order valence-corrected chi connectivity index (χ2v) is 18.5. The Balaban J connectivity index is 4.58. The highest BCUT2D eigenvalue weighted by atomic mass is 31.2. The summed E-state index contributed by atoms with van der Waals surface area (Å²) in [5.74, 6) is -0.275. The van der Waals surface area contributed by atoms with Crippen molar-refractivity contribution in [2.45, 2.75) is 174 Å². The summed E-state index contributed by atoms with van der Waals surface area (Å²) in [6.45, 7) is 4.43. The summed E-state index contributed by atoms with van der Waals surface area (Å²) in [4.78, 5) is 25.4. The molecular formula is C54H91N2O6P. The number of aliphatic hydroxyl groups is 1. The number of hydrogen-bond acceptors (Lipinski definition) is 6. The Bertz CT molecular complexity index is 1430. The van der Waals surface area contributed by atoms with Gasteiger partial charge in [-0.25, -0.2) is 0 Å². The van der Waals surface area contributed by atoms with Gasteiger partial charge in [-0.2, -0.15) is 0 Å². The number of unbranched alkanes of at least 4 members (excludes halogenated alkanes) is 11. The van der Waals surface area contributed by atoms with Crippen LogP contribution >= 0.6 is 7.82 Å². The maximum atomic E-state index is 12.9. The number of likely N-dealkylation sites (N-methyl/N-ethyl adjacent to an activating group) is 1. The first-order valence-electron chi connectivity index (χ1n) is 24.4. The molecule has 63 heavy (non-hydrogen) atoms. The number of allylic oxidation sites excluding steroid dienone is 19. The molecule has 0 spiro atoms. The number of nitrogens with zero attached hydrogens (tertiary/aromatic N) is 1. The zero-order valence-electron chi connectivity index (χ0n) is 40.5. The van der Waals surface area contributed by atoms with E-state index in [9.17, 15) is 19.4 Å². The highest BCUT2D eigenvalue weighted by Crippen LogP contribution is 2.38. The second-order valence-electron chi connectivity index (χ2n) is 17.1. The molecule has 0 aromatic heterocycles. The Labute approximate surface area is 386 Å². The summed E-state index contributed by atoms with van der Waals surface area (Å²) in [5.41, 5.74) is 0. The lowest BCUT2D eigenvalue weighted by atomic mass is 10.1. The molecule has 0 bridgehead atoms. The fourth-order valence-electron chi connectivity index (χ4n) is 6.05. The summed E-state index contributed by atoms with van der Waals surface area (Å²) in [6, 6.07) is -0.949. The van der Waals surface area contributed by atoms with Crippen LogP contribution < -0.4 is 10.2 Å². The Morgan fingerprint density at radius 2 is 0.984 bits per heavy atom. The Hall–Kier alpha value is -3.10. The minimum Gasteiger partial charge on any atom is -0.756 e. The number of carbonyl (C=O) groups is 1. The topological polar surface area (TPSA) is 108 Å². The average Bonchev–Trinajstić information content (AvgIpc) is 3.24. The van der Waals surface area contributed by atoms with Crippen LogP contribution in [0.4, 0.5) is 0 Å². The van der Waals surface area contributed by atoms with Gasteiger partial charge in [-0.05, 0) is 96.3 Å². The molecule has 0 radical (unpaired) electrons. The molecule has 3 atom stereocenters. The van der Waals surface area contributed by atoms with E-state index < -0.39 is 26.6 Å². The average molecular weight is 895 g/mol. The van der Waals surface area contributed by atoms with Crippen molar-refractivity contribution in [2.75, 3.05) is 40.9 Å². The van der Waals surface area contributed by atoms with Crippen molar-refractivity contribution in [1.82, 2.24) is 5.32 Å². The lowest BCUT2D eigenvalue weighted by molar-refractivity contribution is -0.870. The zero-order valence-corrected chi connectivity index (χ0v) is 41.4. The van der Waals surface area contributed by atoms with Crippen LogP contribution in [-0.2, 0) is 18.4 Å². The molecule has 0 saturated heterocycles. The fourth-order valence-corrected chi connectivity index (χ4v) is 6.78. The van der Waals surface area contributed by atoms with E-state index in [1.165, 1.54) is 51.4 Å². The van der Waals surface area contributed by atoms with Crippen molar-refractivity contribution in [1.29, 1.82) is 0 Å². The van der Waals surface area contributed by atoms with E-state index in [1.807, 2.05) is 27.2 Å². The molecule has 0 aliphatic carbocycles. The maximum Gasteiger partial charge on any atom is 0.268 e. The molecule has 0 fully saturated rings. The van der Waals surface area contributed by atoms with Crippen molar-refractivity contribution in [3.63, 3.8) is 0 Å². The molecular weight excluding hydrogens is 804 g/mol. The summed E-state index contributed by atoms with van der Waals surface area (Å²) in [6.07, 6.45) is 65.5. The van der Waals surface area contributed by atoms with E-state index in [1.54, 1.807) is 6.08 Å². The molecule has 2 N–H and O–H groups in total. The molecule has 9 heteroatoms. The number of rotatable bonds is 42. The van der Waals surface area contributed by atoms with Crippen molar-refractivity contribution < 1.29 is 32.9 Å². The number of phosphoric ester groups is 1. The Morgan fingerprint density at radius 1 is 0.571 bits per heavy atom. The van der Waals surface area contributed by atoms with Gasteiger partial charge < -0.3 is 28.8 Å². The molecule has 0 aliphatic heterocycles. The third-order valence-corrected chi connectivity index (χ3v) is 10.8. The molecule has 0 heterocycles. The van der Waals surface area contributed by atoms with Crippen LogP contribution in [-0.4, -0.2) is 68.5 Å².